The van der Waals surface area contributed by atoms with E-state index in [1.165, 1.54) is 0 Å². The van der Waals surface area contributed by atoms with Crippen LogP contribution in [0.15, 0.2) is 36.8 Å². The number of carbonyl (C=O) groups excluding carboxylic acids is 1. The lowest BCUT2D eigenvalue weighted by atomic mass is 10.2. The third-order valence-corrected chi connectivity index (χ3v) is 3.09. The molecule has 6 nitrogen and oxygen atoms in total. The van der Waals surface area contributed by atoms with Crippen LogP contribution in [0.2, 0.25) is 0 Å². The molecule has 2 N–H and O–H groups in total. The van der Waals surface area contributed by atoms with E-state index in [1.807, 2.05) is 45.0 Å². The van der Waals surface area contributed by atoms with Crippen molar-refractivity contribution in [3.05, 3.63) is 48.0 Å². The maximum Gasteiger partial charge on any atom is 0.410 e. The van der Waals surface area contributed by atoms with Crippen LogP contribution in [0.3, 0.4) is 0 Å². The quantitative estimate of drug-likeness (QED) is 0.887. The predicted octanol–water partition coefficient (Wildman–Crippen LogP) is 3.39. The second-order valence-corrected chi connectivity index (χ2v) is 6.47. The Bertz CT molecular complexity index is 632. The molecule has 0 spiro atoms. The van der Waals surface area contributed by atoms with Gasteiger partial charge in [-0.05, 0) is 38.5 Å². The minimum Gasteiger partial charge on any atom is -0.444 e. The number of nitrogens with zero attached hydrogens (tertiary/aromatic N) is 2. The molecule has 0 saturated carbocycles. The Morgan fingerprint density at radius 2 is 2.17 bits per heavy atom. The highest BCUT2D eigenvalue weighted by atomic mass is 16.6. The summed E-state index contributed by atoms with van der Waals surface area (Å²) in [6.45, 7) is 6.75. The maximum atomic E-state index is 12.0. The monoisotopic (exact) mass is 316 g/mol. The standard InChI is InChI=1S/C17H24N4O2/c1-17(2,3)23-16(22)21(4)11-13-6-5-7-14(8-13)19-10-15-9-18-12-20-15/h5-9,12,19H,10-11H2,1-4H3,(H,18,20). The van der Waals surface area contributed by atoms with E-state index in [-0.39, 0.29) is 6.09 Å². The van der Waals surface area contributed by atoms with E-state index in [2.05, 4.69) is 15.3 Å². The number of ether oxygens (including phenoxy) is 1. The van der Waals surface area contributed by atoms with Crippen LogP contribution in [-0.2, 0) is 17.8 Å². The zero-order valence-corrected chi connectivity index (χ0v) is 14.1. The Kier molecular flexibility index (Phi) is 5.26. The third kappa shape index (κ3) is 5.65. The van der Waals surface area contributed by atoms with Crippen molar-refractivity contribution in [2.75, 3.05) is 12.4 Å². The van der Waals surface area contributed by atoms with Gasteiger partial charge in [0.25, 0.3) is 0 Å². The zero-order valence-electron chi connectivity index (χ0n) is 14.1. The highest BCUT2D eigenvalue weighted by molar-refractivity contribution is 5.67. The van der Waals surface area contributed by atoms with Gasteiger partial charge in [-0.1, -0.05) is 12.1 Å². The highest BCUT2D eigenvalue weighted by Crippen LogP contribution is 2.15. The summed E-state index contributed by atoms with van der Waals surface area (Å²) in [7, 11) is 1.73. The number of amides is 1. The molecule has 0 bridgehead atoms. The molecule has 0 radical (unpaired) electrons. The van der Waals surface area contributed by atoms with Crippen molar-refractivity contribution >= 4 is 11.8 Å². The first kappa shape index (κ1) is 16.9. The zero-order chi connectivity index (χ0) is 16.9. The molecule has 1 aromatic carbocycles. The van der Waals surface area contributed by atoms with Crippen molar-refractivity contribution in [2.24, 2.45) is 0 Å². The summed E-state index contributed by atoms with van der Waals surface area (Å²) in [5.74, 6) is 0. The van der Waals surface area contributed by atoms with Gasteiger partial charge in [-0.2, -0.15) is 0 Å². The lowest BCUT2D eigenvalue weighted by Crippen LogP contribution is -2.33. The molecule has 0 aliphatic heterocycles. The molecule has 0 aliphatic carbocycles. The van der Waals surface area contributed by atoms with Gasteiger partial charge in [-0.15, -0.1) is 0 Å². The number of imidazole rings is 1. The molecule has 2 aromatic rings. The van der Waals surface area contributed by atoms with E-state index in [0.29, 0.717) is 13.1 Å². The van der Waals surface area contributed by atoms with Crippen molar-refractivity contribution < 1.29 is 9.53 Å². The summed E-state index contributed by atoms with van der Waals surface area (Å²) < 4.78 is 5.36. The summed E-state index contributed by atoms with van der Waals surface area (Å²) in [5.41, 5.74) is 2.56. The third-order valence-electron chi connectivity index (χ3n) is 3.09. The first-order valence-electron chi connectivity index (χ1n) is 7.58. The second-order valence-electron chi connectivity index (χ2n) is 6.47. The number of benzene rings is 1. The molecule has 1 heterocycles. The largest absolute Gasteiger partial charge is 0.444 e. The summed E-state index contributed by atoms with van der Waals surface area (Å²) in [6, 6.07) is 7.97. The average molecular weight is 316 g/mol. The van der Waals surface area contributed by atoms with E-state index in [1.54, 1.807) is 24.5 Å². The Labute approximate surface area is 136 Å². The van der Waals surface area contributed by atoms with Crippen molar-refractivity contribution in [1.29, 1.82) is 0 Å². The van der Waals surface area contributed by atoms with Gasteiger partial charge in [0.05, 0.1) is 18.6 Å². The van der Waals surface area contributed by atoms with Crippen LogP contribution >= 0.6 is 0 Å². The number of carbonyl (C=O) groups is 1. The number of H-pyrrole nitrogens is 1. The van der Waals surface area contributed by atoms with Crippen LogP contribution in [0, 0.1) is 0 Å². The Morgan fingerprint density at radius 3 is 2.83 bits per heavy atom. The van der Waals surface area contributed by atoms with Gasteiger partial charge in [-0.25, -0.2) is 9.78 Å². The first-order valence-corrected chi connectivity index (χ1v) is 7.58. The van der Waals surface area contributed by atoms with Crippen molar-refractivity contribution in [2.45, 2.75) is 39.5 Å². The summed E-state index contributed by atoms with van der Waals surface area (Å²) in [4.78, 5) is 20.6. The first-order chi connectivity index (χ1) is 10.8. The van der Waals surface area contributed by atoms with Crippen LogP contribution in [0.25, 0.3) is 0 Å². The van der Waals surface area contributed by atoms with Gasteiger partial charge in [0.1, 0.15) is 5.60 Å². The Morgan fingerprint density at radius 1 is 1.39 bits per heavy atom. The minimum absolute atomic E-state index is 0.326. The predicted molar refractivity (Wildman–Crippen MR) is 90.1 cm³/mol. The molecular formula is C17H24N4O2. The SMILES string of the molecule is CN(Cc1cccc(NCc2cnc[nH]2)c1)C(=O)OC(C)(C)C. The van der Waals surface area contributed by atoms with E-state index in [9.17, 15) is 4.79 Å². The van der Waals surface area contributed by atoms with Crippen LogP contribution in [0.5, 0.6) is 0 Å². The number of hydrogen-bond acceptors (Lipinski definition) is 4. The summed E-state index contributed by atoms with van der Waals surface area (Å²) in [5, 5.41) is 3.32. The van der Waals surface area contributed by atoms with Gasteiger partial charge in [-0.3, -0.25) is 0 Å². The van der Waals surface area contributed by atoms with E-state index in [4.69, 9.17) is 4.74 Å². The van der Waals surface area contributed by atoms with Gasteiger partial charge >= 0.3 is 6.09 Å². The number of anilines is 1. The van der Waals surface area contributed by atoms with Crippen LogP contribution in [0.1, 0.15) is 32.0 Å². The lowest BCUT2D eigenvalue weighted by Gasteiger charge is -2.24. The molecular weight excluding hydrogens is 292 g/mol. The Hall–Kier alpha value is -2.50. The fourth-order valence-electron chi connectivity index (χ4n) is 2.04. The van der Waals surface area contributed by atoms with E-state index in [0.717, 1.165) is 16.9 Å². The molecule has 6 heteroatoms. The van der Waals surface area contributed by atoms with Crippen LogP contribution in [-0.4, -0.2) is 33.6 Å². The molecule has 1 aromatic heterocycles. The second kappa shape index (κ2) is 7.17. The summed E-state index contributed by atoms with van der Waals surface area (Å²) >= 11 is 0. The molecule has 0 fully saturated rings. The molecule has 1 amide bonds. The fourth-order valence-corrected chi connectivity index (χ4v) is 2.04. The topological polar surface area (TPSA) is 70.2 Å². The number of hydrogen-bond donors (Lipinski definition) is 2. The number of aromatic amines is 1. The van der Waals surface area contributed by atoms with Crippen LogP contribution in [0.4, 0.5) is 10.5 Å². The van der Waals surface area contributed by atoms with Crippen molar-refractivity contribution in [3.63, 3.8) is 0 Å². The van der Waals surface area contributed by atoms with Gasteiger partial charge in [0, 0.05) is 25.5 Å². The highest BCUT2D eigenvalue weighted by Gasteiger charge is 2.19. The molecule has 124 valence electrons. The molecule has 0 unspecified atom stereocenters. The average Bonchev–Trinajstić information content (AvgIpc) is 2.97. The van der Waals surface area contributed by atoms with Gasteiger partial charge in [0.2, 0.25) is 0 Å². The van der Waals surface area contributed by atoms with Gasteiger partial charge < -0.3 is 19.9 Å². The molecule has 0 aliphatic rings. The Balaban J connectivity index is 1.92. The molecule has 0 atom stereocenters. The van der Waals surface area contributed by atoms with Gasteiger partial charge in [0.15, 0.2) is 0 Å². The fraction of sp³-hybridized carbons (Fsp3) is 0.412. The lowest BCUT2D eigenvalue weighted by molar-refractivity contribution is 0.0285. The van der Waals surface area contributed by atoms with Crippen LogP contribution < -0.4 is 5.32 Å². The summed E-state index contributed by atoms with van der Waals surface area (Å²) in [6.07, 6.45) is 3.12. The molecule has 0 saturated heterocycles. The van der Waals surface area contributed by atoms with Crippen molar-refractivity contribution in [3.8, 4) is 0 Å². The van der Waals surface area contributed by atoms with E-state index >= 15 is 0 Å². The molecule has 2 rings (SSSR count). The van der Waals surface area contributed by atoms with Crippen molar-refractivity contribution in [1.82, 2.24) is 14.9 Å². The normalized spacial score (nSPS) is 11.1. The smallest absolute Gasteiger partial charge is 0.410 e. The minimum atomic E-state index is -0.487. The molecule has 23 heavy (non-hydrogen) atoms. The number of nitrogens with one attached hydrogen (secondary N) is 2. The number of rotatable bonds is 5. The number of aromatic nitrogens is 2. The van der Waals surface area contributed by atoms with E-state index < -0.39 is 5.60 Å². The maximum absolute atomic E-state index is 12.0.